The number of rotatable bonds is 5. The fourth-order valence-corrected chi connectivity index (χ4v) is 3.45. The van der Waals surface area contributed by atoms with Gasteiger partial charge in [0, 0.05) is 4.83 Å². The Morgan fingerprint density at radius 2 is 1.94 bits per heavy atom. The molecule has 2 unspecified atom stereocenters. The Kier molecular flexibility index (Phi) is 4.30. The Morgan fingerprint density at radius 1 is 1.24 bits per heavy atom. The maximum atomic E-state index is 3.95. The third-order valence-electron chi connectivity index (χ3n) is 4.12. The summed E-state index contributed by atoms with van der Waals surface area (Å²) in [4.78, 5) is 0.538. The van der Waals surface area contributed by atoms with E-state index in [-0.39, 0.29) is 0 Å². The van der Waals surface area contributed by atoms with E-state index in [9.17, 15) is 0 Å². The van der Waals surface area contributed by atoms with Crippen LogP contribution in [0.2, 0.25) is 0 Å². The summed E-state index contributed by atoms with van der Waals surface area (Å²) in [7, 11) is 0. The smallest absolute Gasteiger partial charge is 0.0426 e. The van der Waals surface area contributed by atoms with Gasteiger partial charge >= 0.3 is 0 Å². The quantitative estimate of drug-likeness (QED) is 0.647. The number of halogens is 1. The Balaban J connectivity index is 2.27. The molecule has 0 aliphatic heterocycles. The average molecular weight is 295 g/mol. The van der Waals surface area contributed by atoms with Crippen molar-refractivity contribution in [3.05, 3.63) is 34.9 Å². The summed E-state index contributed by atoms with van der Waals surface area (Å²) in [6, 6.07) is 7.02. The molecule has 0 spiro atoms. The molecule has 0 aromatic heterocycles. The summed E-state index contributed by atoms with van der Waals surface area (Å²) in [5, 5.41) is 0. The average Bonchev–Trinajstić information content (AvgIpc) is 3.20. The lowest BCUT2D eigenvalue weighted by atomic mass is 9.91. The van der Waals surface area contributed by atoms with Crippen LogP contribution in [0.4, 0.5) is 0 Å². The molecule has 0 nitrogen and oxygen atoms in total. The van der Waals surface area contributed by atoms with Crippen LogP contribution in [-0.2, 0) is 12.8 Å². The lowest BCUT2D eigenvalue weighted by Gasteiger charge is -2.21. The molecule has 0 radical (unpaired) electrons. The van der Waals surface area contributed by atoms with E-state index in [0.717, 1.165) is 24.7 Å². The number of benzene rings is 1. The second-order valence-corrected chi connectivity index (χ2v) is 6.33. The molecule has 1 aromatic rings. The molecule has 0 bridgehead atoms. The number of hydrogen-bond donors (Lipinski definition) is 0. The molecule has 0 amide bonds. The summed E-state index contributed by atoms with van der Waals surface area (Å²) in [6.07, 6.45) is 5.13. The second kappa shape index (κ2) is 5.56. The van der Waals surface area contributed by atoms with Gasteiger partial charge in [0.2, 0.25) is 0 Å². The first-order valence-corrected chi connectivity index (χ1v) is 7.84. The SMILES string of the molecule is CCc1ccc(CC)c(C(Br)C(C)C2CC2)c1. The second-order valence-electron chi connectivity index (χ2n) is 5.34. The molecule has 2 atom stereocenters. The van der Waals surface area contributed by atoms with Gasteiger partial charge in [-0.3, -0.25) is 0 Å². The summed E-state index contributed by atoms with van der Waals surface area (Å²) in [5.74, 6) is 1.72. The van der Waals surface area contributed by atoms with Crippen molar-refractivity contribution in [2.24, 2.45) is 11.8 Å². The van der Waals surface area contributed by atoms with Gasteiger partial charge in [0.25, 0.3) is 0 Å². The number of hydrogen-bond acceptors (Lipinski definition) is 0. The van der Waals surface area contributed by atoms with E-state index in [0.29, 0.717) is 4.83 Å². The maximum Gasteiger partial charge on any atom is 0.0426 e. The van der Waals surface area contributed by atoms with Gasteiger partial charge in [0.15, 0.2) is 0 Å². The van der Waals surface area contributed by atoms with E-state index >= 15 is 0 Å². The van der Waals surface area contributed by atoms with Crippen molar-refractivity contribution in [1.29, 1.82) is 0 Å². The zero-order valence-electron chi connectivity index (χ0n) is 11.2. The molecule has 1 saturated carbocycles. The first kappa shape index (κ1) is 13.1. The molecule has 1 fully saturated rings. The maximum absolute atomic E-state index is 3.95. The van der Waals surface area contributed by atoms with Crippen molar-refractivity contribution in [3.63, 3.8) is 0 Å². The summed E-state index contributed by atoms with van der Waals surface area (Å²) < 4.78 is 0. The monoisotopic (exact) mass is 294 g/mol. The van der Waals surface area contributed by atoms with Gasteiger partial charge in [-0.15, -0.1) is 0 Å². The van der Waals surface area contributed by atoms with Crippen LogP contribution in [0.15, 0.2) is 18.2 Å². The number of alkyl halides is 1. The largest absolute Gasteiger partial charge is 0.0836 e. The van der Waals surface area contributed by atoms with Gasteiger partial charge in [0.05, 0.1) is 0 Å². The van der Waals surface area contributed by atoms with Crippen LogP contribution < -0.4 is 0 Å². The van der Waals surface area contributed by atoms with E-state index in [4.69, 9.17) is 0 Å². The highest BCUT2D eigenvalue weighted by molar-refractivity contribution is 9.09. The van der Waals surface area contributed by atoms with Crippen molar-refractivity contribution in [2.75, 3.05) is 0 Å². The van der Waals surface area contributed by atoms with Crippen molar-refractivity contribution in [2.45, 2.75) is 51.3 Å². The third-order valence-corrected chi connectivity index (χ3v) is 5.45. The van der Waals surface area contributed by atoms with E-state index < -0.39 is 0 Å². The highest BCUT2D eigenvalue weighted by Crippen LogP contribution is 2.47. The fourth-order valence-electron chi connectivity index (χ4n) is 2.59. The van der Waals surface area contributed by atoms with Crippen LogP contribution in [0.1, 0.15) is 55.1 Å². The highest BCUT2D eigenvalue weighted by Gasteiger charge is 2.33. The van der Waals surface area contributed by atoms with Crippen LogP contribution >= 0.6 is 15.9 Å². The van der Waals surface area contributed by atoms with Gasteiger partial charge < -0.3 is 0 Å². The van der Waals surface area contributed by atoms with E-state index in [1.54, 1.807) is 0 Å². The highest BCUT2D eigenvalue weighted by atomic mass is 79.9. The van der Waals surface area contributed by atoms with Crippen LogP contribution in [0, 0.1) is 11.8 Å². The van der Waals surface area contributed by atoms with E-state index in [1.165, 1.54) is 29.5 Å². The van der Waals surface area contributed by atoms with Crippen molar-refractivity contribution >= 4 is 15.9 Å². The van der Waals surface area contributed by atoms with Crippen LogP contribution in [0.25, 0.3) is 0 Å². The molecular weight excluding hydrogens is 272 g/mol. The summed E-state index contributed by atoms with van der Waals surface area (Å²) in [5.41, 5.74) is 4.51. The summed E-state index contributed by atoms with van der Waals surface area (Å²) >= 11 is 3.95. The molecule has 1 aliphatic carbocycles. The number of aryl methyl sites for hydroxylation is 2. The molecule has 1 aromatic carbocycles. The topological polar surface area (TPSA) is 0 Å². The normalized spacial score (nSPS) is 19.1. The first-order chi connectivity index (χ1) is 8.17. The predicted molar refractivity (Wildman–Crippen MR) is 78.8 cm³/mol. The van der Waals surface area contributed by atoms with Crippen LogP contribution in [0.5, 0.6) is 0 Å². The Labute approximate surface area is 114 Å². The zero-order valence-corrected chi connectivity index (χ0v) is 12.8. The van der Waals surface area contributed by atoms with Crippen LogP contribution in [0.3, 0.4) is 0 Å². The first-order valence-electron chi connectivity index (χ1n) is 6.93. The van der Waals surface area contributed by atoms with E-state index in [2.05, 4.69) is 54.9 Å². The molecule has 17 heavy (non-hydrogen) atoms. The standard InChI is InChI=1S/C16H23Br/c1-4-12-6-7-13(5-2)15(10-12)16(17)11(3)14-8-9-14/h6-7,10-11,14,16H,4-5,8-9H2,1-3H3. The van der Waals surface area contributed by atoms with Crippen LogP contribution in [-0.4, -0.2) is 0 Å². The Morgan fingerprint density at radius 3 is 2.47 bits per heavy atom. The molecule has 0 N–H and O–H groups in total. The van der Waals surface area contributed by atoms with Gasteiger partial charge in [-0.2, -0.15) is 0 Å². The molecule has 0 saturated heterocycles. The van der Waals surface area contributed by atoms with E-state index in [1.807, 2.05) is 0 Å². The minimum Gasteiger partial charge on any atom is -0.0836 e. The third kappa shape index (κ3) is 2.93. The summed E-state index contributed by atoms with van der Waals surface area (Å²) in [6.45, 7) is 6.89. The fraction of sp³-hybridized carbons (Fsp3) is 0.625. The molecule has 1 aliphatic rings. The van der Waals surface area contributed by atoms with Gasteiger partial charge in [0.1, 0.15) is 0 Å². The Bertz CT molecular complexity index is 379. The Hall–Kier alpha value is -0.300. The minimum absolute atomic E-state index is 0.538. The molecule has 94 valence electrons. The molecule has 0 heterocycles. The molecule has 2 rings (SSSR count). The lowest BCUT2D eigenvalue weighted by Crippen LogP contribution is -2.08. The van der Waals surface area contributed by atoms with Gasteiger partial charge in [-0.25, -0.2) is 0 Å². The molecule has 1 heteroatoms. The minimum atomic E-state index is 0.538. The van der Waals surface area contributed by atoms with Crippen molar-refractivity contribution < 1.29 is 0 Å². The van der Waals surface area contributed by atoms with Crippen molar-refractivity contribution in [3.8, 4) is 0 Å². The van der Waals surface area contributed by atoms with Crippen molar-refractivity contribution in [1.82, 2.24) is 0 Å². The van der Waals surface area contributed by atoms with Gasteiger partial charge in [-0.1, -0.05) is 54.9 Å². The van der Waals surface area contributed by atoms with Gasteiger partial charge in [-0.05, 0) is 54.2 Å². The zero-order chi connectivity index (χ0) is 12.4. The predicted octanol–water partition coefficient (Wildman–Crippen LogP) is 5.29. The lowest BCUT2D eigenvalue weighted by molar-refractivity contribution is 0.501. The molecular formula is C16H23Br.